The van der Waals surface area contributed by atoms with Crippen molar-refractivity contribution >= 4 is 5.88 Å². The van der Waals surface area contributed by atoms with Crippen LogP contribution in [-0.4, -0.2) is 36.0 Å². The van der Waals surface area contributed by atoms with Crippen LogP contribution in [0.3, 0.4) is 0 Å². The lowest BCUT2D eigenvalue weighted by Gasteiger charge is -2.47. The maximum Gasteiger partial charge on any atom is 0.433 e. The molecule has 1 fully saturated rings. The predicted octanol–water partition coefficient (Wildman–Crippen LogP) is 1.76. The SMILES string of the molecule is CN(C)C1(CNCc2ccc([N+](=O)[O-])o2)CCC1. The molecule has 18 heavy (non-hydrogen) atoms. The van der Waals surface area contributed by atoms with Crippen LogP contribution < -0.4 is 5.32 Å². The minimum absolute atomic E-state index is 0.197. The van der Waals surface area contributed by atoms with E-state index in [0.717, 1.165) is 6.54 Å². The Kier molecular flexibility index (Phi) is 3.68. The van der Waals surface area contributed by atoms with Crippen molar-refractivity contribution in [2.75, 3.05) is 20.6 Å². The molecule has 0 spiro atoms. The third kappa shape index (κ3) is 2.54. The van der Waals surface area contributed by atoms with E-state index in [1.165, 1.54) is 25.3 Å². The zero-order chi connectivity index (χ0) is 13.2. The number of hydrogen-bond acceptors (Lipinski definition) is 5. The number of nitrogens with zero attached hydrogens (tertiary/aromatic N) is 2. The predicted molar refractivity (Wildman–Crippen MR) is 67.3 cm³/mol. The molecular weight excluding hydrogens is 234 g/mol. The first-order valence-corrected chi connectivity index (χ1v) is 6.15. The molecule has 0 saturated heterocycles. The lowest BCUT2D eigenvalue weighted by molar-refractivity contribution is -0.402. The minimum atomic E-state index is -0.517. The standard InChI is InChI=1S/C12H19N3O3/c1-14(2)12(6-3-7-12)9-13-8-10-4-5-11(18-10)15(16)17/h4-5,13H,3,6-9H2,1-2H3. The smallest absolute Gasteiger partial charge is 0.404 e. The van der Waals surface area contributed by atoms with Crippen molar-refractivity contribution in [3.8, 4) is 0 Å². The lowest BCUT2D eigenvalue weighted by Crippen LogP contribution is -2.56. The van der Waals surface area contributed by atoms with Crippen LogP contribution in [0, 0.1) is 10.1 Å². The van der Waals surface area contributed by atoms with Gasteiger partial charge in [0.05, 0.1) is 12.6 Å². The van der Waals surface area contributed by atoms with Crippen LogP contribution in [0.25, 0.3) is 0 Å². The van der Waals surface area contributed by atoms with Gasteiger partial charge in [-0.25, -0.2) is 0 Å². The second kappa shape index (κ2) is 5.07. The van der Waals surface area contributed by atoms with Crippen molar-refractivity contribution in [1.82, 2.24) is 10.2 Å². The van der Waals surface area contributed by atoms with Gasteiger partial charge in [-0.05, 0) is 39.4 Å². The van der Waals surface area contributed by atoms with Crippen molar-refractivity contribution in [2.45, 2.75) is 31.3 Å². The summed E-state index contributed by atoms with van der Waals surface area (Å²) in [5.74, 6) is 0.410. The van der Waals surface area contributed by atoms with Gasteiger partial charge < -0.3 is 14.6 Å². The molecule has 0 bridgehead atoms. The summed E-state index contributed by atoms with van der Waals surface area (Å²) in [5, 5.41) is 13.8. The highest BCUT2D eigenvalue weighted by atomic mass is 16.6. The number of nitro groups is 1. The van der Waals surface area contributed by atoms with E-state index in [1.807, 2.05) is 0 Å². The molecule has 1 aromatic heterocycles. The highest BCUT2D eigenvalue weighted by Gasteiger charge is 2.38. The fraction of sp³-hybridized carbons (Fsp3) is 0.667. The van der Waals surface area contributed by atoms with Crippen molar-refractivity contribution < 1.29 is 9.34 Å². The molecule has 2 rings (SSSR count). The average Bonchev–Trinajstić information content (AvgIpc) is 2.70. The monoisotopic (exact) mass is 253 g/mol. The number of nitrogens with one attached hydrogen (secondary N) is 1. The van der Waals surface area contributed by atoms with Gasteiger partial charge in [-0.3, -0.25) is 10.1 Å². The van der Waals surface area contributed by atoms with Crippen LogP contribution in [0.15, 0.2) is 16.5 Å². The second-order valence-electron chi connectivity index (χ2n) is 5.07. The highest BCUT2D eigenvalue weighted by Crippen LogP contribution is 2.35. The van der Waals surface area contributed by atoms with E-state index in [2.05, 4.69) is 24.3 Å². The molecule has 0 unspecified atom stereocenters. The van der Waals surface area contributed by atoms with Gasteiger partial charge in [-0.15, -0.1) is 0 Å². The molecule has 1 saturated carbocycles. The fourth-order valence-corrected chi connectivity index (χ4v) is 2.35. The Morgan fingerprint density at radius 1 is 1.50 bits per heavy atom. The molecule has 0 aliphatic heterocycles. The van der Waals surface area contributed by atoms with Gasteiger partial charge in [-0.2, -0.15) is 0 Å². The van der Waals surface area contributed by atoms with Gasteiger partial charge in [0.2, 0.25) is 0 Å². The minimum Gasteiger partial charge on any atom is -0.404 e. The van der Waals surface area contributed by atoms with E-state index in [0.29, 0.717) is 12.3 Å². The van der Waals surface area contributed by atoms with E-state index in [1.54, 1.807) is 6.07 Å². The van der Waals surface area contributed by atoms with Crippen LogP contribution >= 0.6 is 0 Å². The maximum absolute atomic E-state index is 10.5. The Bertz CT molecular complexity index is 424. The number of likely N-dealkylation sites (N-methyl/N-ethyl adjacent to an activating group) is 1. The van der Waals surface area contributed by atoms with E-state index in [-0.39, 0.29) is 11.4 Å². The number of rotatable bonds is 6. The third-order valence-electron chi connectivity index (χ3n) is 3.81. The first-order valence-electron chi connectivity index (χ1n) is 6.15. The molecule has 6 heteroatoms. The molecule has 1 aromatic rings. The summed E-state index contributed by atoms with van der Waals surface area (Å²) in [6.07, 6.45) is 3.67. The van der Waals surface area contributed by atoms with Crippen LogP contribution in [0.2, 0.25) is 0 Å². The van der Waals surface area contributed by atoms with Gasteiger partial charge in [0.25, 0.3) is 0 Å². The lowest BCUT2D eigenvalue weighted by atomic mass is 9.75. The first-order chi connectivity index (χ1) is 8.53. The quantitative estimate of drug-likeness (QED) is 0.618. The van der Waals surface area contributed by atoms with Crippen molar-refractivity contribution in [3.05, 3.63) is 28.0 Å². The van der Waals surface area contributed by atoms with Gasteiger partial charge in [0.15, 0.2) is 0 Å². The average molecular weight is 253 g/mol. The van der Waals surface area contributed by atoms with E-state index < -0.39 is 4.92 Å². The van der Waals surface area contributed by atoms with Crippen LogP contribution in [0.1, 0.15) is 25.0 Å². The van der Waals surface area contributed by atoms with E-state index >= 15 is 0 Å². The Labute approximate surface area is 106 Å². The molecule has 6 nitrogen and oxygen atoms in total. The summed E-state index contributed by atoms with van der Waals surface area (Å²) in [6, 6.07) is 3.04. The Balaban J connectivity index is 1.82. The zero-order valence-electron chi connectivity index (χ0n) is 10.8. The number of furan rings is 1. The van der Waals surface area contributed by atoms with Gasteiger partial charge in [0, 0.05) is 12.1 Å². The second-order valence-corrected chi connectivity index (χ2v) is 5.07. The summed E-state index contributed by atoms with van der Waals surface area (Å²) in [7, 11) is 4.19. The van der Waals surface area contributed by atoms with Crippen LogP contribution in [0.5, 0.6) is 0 Å². The van der Waals surface area contributed by atoms with Crippen LogP contribution in [-0.2, 0) is 6.54 Å². The third-order valence-corrected chi connectivity index (χ3v) is 3.81. The van der Waals surface area contributed by atoms with Crippen LogP contribution in [0.4, 0.5) is 5.88 Å². The van der Waals surface area contributed by atoms with E-state index in [4.69, 9.17) is 4.42 Å². The van der Waals surface area contributed by atoms with Crippen molar-refractivity contribution in [3.63, 3.8) is 0 Å². The van der Waals surface area contributed by atoms with Gasteiger partial charge in [0.1, 0.15) is 10.7 Å². The summed E-state index contributed by atoms with van der Waals surface area (Å²) in [4.78, 5) is 12.2. The molecule has 1 N–H and O–H groups in total. The fourth-order valence-electron chi connectivity index (χ4n) is 2.35. The molecule has 0 atom stereocenters. The maximum atomic E-state index is 10.5. The molecule has 1 aliphatic carbocycles. The number of hydrogen-bond donors (Lipinski definition) is 1. The molecule has 1 aliphatic rings. The van der Waals surface area contributed by atoms with Crippen molar-refractivity contribution in [2.24, 2.45) is 0 Å². The molecule has 1 heterocycles. The Hall–Kier alpha value is -1.40. The summed E-state index contributed by atoms with van der Waals surface area (Å²) < 4.78 is 5.10. The van der Waals surface area contributed by atoms with E-state index in [9.17, 15) is 10.1 Å². The summed E-state index contributed by atoms with van der Waals surface area (Å²) in [5.41, 5.74) is 0.249. The molecule has 100 valence electrons. The molecule has 0 radical (unpaired) electrons. The highest BCUT2D eigenvalue weighted by molar-refractivity contribution is 5.17. The normalized spacial score (nSPS) is 17.7. The first kappa shape index (κ1) is 13.0. The van der Waals surface area contributed by atoms with Crippen molar-refractivity contribution in [1.29, 1.82) is 0 Å². The summed E-state index contributed by atoms with van der Waals surface area (Å²) in [6.45, 7) is 1.41. The Morgan fingerprint density at radius 2 is 2.22 bits per heavy atom. The molecular formula is C12H19N3O3. The molecule has 0 aromatic carbocycles. The molecule has 0 amide bonds. The Morgan fingerprint density at radius 3 is 2.67 bits per heavy atom. The topological polar surface area (TPSA) is 71.5 Å². The zero-order valence-corrected chi connectivity index (χ0v) is 10.8. The largest absolute Gasteiger partial charge is 0.433 e. The van der Waals surface area contributed by atoms with Gasteiger partial charge in [-0.1, -0.05) is 0 Å². The van der Waals surface area contributed by atoms with Gasteiger partial charge >= 0.3 is 5.88 Å². The summed E-state index contributed by atoms with van der Waals surface area (Å²) >= 11 is 0.